The third-order valence-electron chi connectivity index (χ3n) is 2.56. The number of ether oxygens (including phenoxy) is 1. The number of nitrogens with one attached hydrogen (secondary N) is 1. The molecule has 1 saturated heterocycles. The zero-order valence-corrected chi connectivity index (χ0v) is 12.0. The van der Waals surface area contributed by atoms with E-state index in [9.17, 15) is 19.7 Å². The van der Waals surface area contributed by atoms with Crippen LogP contribution in [-0.4, -0.2) is 35.4 Å². The highest BCUT2D eigenvalue weighted by atomic mass is 127. The molecule has 1 aliphatic rings. The zero-order valence-electron chi connectivity index (χ0n) is 9.83. The molecule has 20 heavy (non-hydrogen) atoms. The van der Waals surface area contributed by atoms with E-state index < -0.39 is 17.1 Å². The second-order valence-electron chi connectivity index (χ2n) is 3.77. The Balaban J connectivity index is 2.50. The van der Waals surface area contributed by atoms with Crippen LogP contribution in [0.15, 0.2) is 12.1 Å². The van der Waals surface area contributed by atoms with Gasteiger partial charge in [-0.2, -0.15) is 0 Å². The molecule has 9 nitrogen and oxygen atoms in total. The topological polar surface area (TPSA) is 122 Å². The number of hydrogen-bond donors (Lipinski definition) is 2. The van der Waals surface area contributed by atoms with E-state index in [4.69, 9.17) is 9.84 Å². The summed E-state index contributed by atoms with van der Waals surface area (Å²) in [5, 5.41) is 21.6. The largest absolute Gasteiger partial charge is 0.465 e. The quantitative estimate of drug-likeness (QED) is 0.462. The Labute approximate surface area is 125 Å². The van der Waals surface area contributed by atoms with Crippen LogP contribution < -0.4 is 10.2 Å². The van der Waals surface area contributed by atoms with Gasteiger partial charge in [-0.05, 0) is 28.7 Å². The summed E-state index contributed by atoms with van der Waals surface area (Å²) < 4.78 is 5.23. The van der Waals surface area contributed by atoms with E-state index in [-0.39, 0.29) is 18.0 Å². The molecule has 0 aromatic heterocycles. The number of carbonyl (C=O) groups excluding carboxylic acids is 1. The van der Waals surface area contributed by atoms with Gasteiger partial charge in [-0.1, -0.05) is 0 Å². The Morgan fingerprint density at radius 2 is 2.25 bits per heavy atom. The number of cyclic esters (lactones) is 1. The predicted octanol–water partition coefficient (Wildman–Crippen LogP) is 2.25. The number of halogens is 1. The van der Waals surface area contributed by atoms with Gasteiger partial charge >= 0.3 is 12.2 Å². The minimum absolute atomic E-state index is 0.197. The fraction of sp³-hybridized carbons (Fsp3) is 0.200. The van der Waals surface area contributed by atoms with Gasteiger partial charge in [0.25, 0.3) is 5.69 Å². The highest BCUT2D eigenvalue weighted by molar-refractivity contribution is 14.1. The summed E-state index contributed by atoms with van der Waals surface area (Å²) in [6, 6.07) is 2.45. The SMILES string of the molecule is O=C(O)Nc1cc(N2CCOC2=O)c(I)cc1[N+](=O)[O-]. The standard InChI is InChI=1S/C10H8IN3O6/c11-5-3-8(14(18)19)6(12-9(15)16)4-7(5)13-1-2-20-10(13)17/h3-4,12H,1-2H2,(H,15,16). The lowest BCUT2D eigenvalue weighted by atomic mass is 10.2. The molecule has 0 spiro atoms. The van der Waals surface area contributed by atoms with Crippen LogP contribution in [0, 0.1) is 13.7 Å². The Hall–Kier alpha value is -2.11. The Morgan fingerprint density at radius 1 is 1.55 bits per heavy atom. The van der Waals surface area contributed by atoms with Crippen molar-refractivity contribution in [2.45, 2.75) is 0 Å². The van der Waals surface area contributed by atoms with Gasteiger partial charge in [-0.25, -0.2) is 9.59 Å². The van der Waals surface area contributed by atoms with Crippen molar-refractivity contribution in [3.63, 3.8) is 0 Å². The van der Waals surface area contributed by atoms with E-state index in [0.717, 1.165) is 0 Å². The molecule has 106 valence electrons. The van der Waals surface area contributed by atoms with Gasteiger partial charge in [-0.3, -0.25) is 20.3 Å². The second kappa shape index (κ2) is 5.48. The van der Waals surface area contributed by atoms with Crippen molar-refractivity contribution in [2.24, 2.45) is 0 Å². The third kappa shape index (κ3) is 2.74. The summed E-state index contributed by atoms with van der Waals surface area (Å²) in [6.45, 7) is 0.521. The summed E-state index contributed by atoms with van der Waals surface area (Å²) in [6.07, 6.45) is -2.00. The molecule has 1 aromatic rings. The fourth-order valence-corrected chi connectivity index (χ4v) is 2.48. The number of nitrogens with zero attached hydrogens (tertiary/aromatic N) is 2. The maximum Gasteiger partial charge on any atom is 0.414 e. The number of amides is 2. The lowest BCUT2D eigenvalue weighted by Crippen LogP contribution is -2.24. The Kier molecular flexibility index (Phi) is 3.92. The molecule has 0 bridgehead atoms. The molecular formula is C10H8IN3O6. The molecule has 0 aliphatic carbocycles. The number of anilines is 2. The monoisotopic (exact) mass is 393 g/mol. The van der Waals surface area contributed by atoms with Crippen molar-refractivity contribution in [3.8, 4) is 0 Å². The van der Waals surface area contributed by atoms with E-state index in [1.54, 1.807) is 0 Å². The number of nitro benzene ring substituents is 1. The number of carboxylic acid groups (broad SMARTS) is 1. The van der Waals surface area contributed by atoms with Gasteiger partial charge in [0, 0.05) is 9.64 Å². The maximum absolute atomic E-state index is 11.5. The number of benzene rings is 1. The van der Waals surface area contributed by atoms with E-state index in [1.165, 1.54) is 17.0 Å². The molecule has 10 heteroatoms. The summed E-state index contributed by atoms with van der Waals surface area (Å²) in [4.78, 5) is 33.7. The molecule has 1 aromatic carbocycles. The third-order valence-corrected chi connectivity index (χ3v) is 3.42. The molecule has 0 saturated carbocycles. The molecule has 1 aliphatic heterocycles. The van der Waals surface area contributed by atoms with Crippen LogP contribution in [-0.2, 0) is 4.74 Å². The first kappa shape index (κ1) is 14.3. The van der Waals surface area contributed by atoms with Crippen LogP contribution in [0.1, 0.15) is 0 Å². The highest BCUT2D eigenvalue weighted by Crippen LogP contribution is 2.35. The first-order valence-corrected chi connectivity index (χ1v) is 6.40. The lowest BCUT2D eigenvalue weighted by molar-refractivity contribution is -0.384. The second-order valence-corrected chi connectivity index (χ2v) is 4.94. The van der Waals surface area contributed by atoms with E-state index in [2.05, 4.69) is 0 Å². The molecule has 1 heterocycles. The average Bonchev–Trinajstić information content (AvgIpc) is 2.76. The van der Waals surface area contributed by atoms with E-state index >= 15 is 0 Å². The molecular weight excluding hydrogens is 385 g/mol. The van der Waals surface area contributed by atoms with Crippen molar-refractivity contribution in [3.05, 3.63) is 25.8 Å². The van der Waals surface area contributed by atoms with Crippen molar-refractivity contribution < 1.29 is 24.4 Å². The minimum atomic E-state index is -1.43. The predicted molar refractivity (Wildman–Crippen MR) is 76.2 cm³/mol. The highest BCUT2D eigenvalue weighted by Gasteiger charge is 2.28. The first-order valence-electron chi connectivity index (χ1n) is 5.32. The first-order chi connectivity index (χ1) is 9.40. The van der Waals surface area contributed by atoms with Crippen LogP contribution in [0.25, 0.3) is 0 Å². The van der Waals surface area contributed by atoms with Gasteiger partial charge in [0.2, 0.25) is 0 Å². The van der Waals surface area contributed by atoms with Crippen molar-refractivity contribution in [1.29, 1.82) is 0 Å². The van der Waals surface area contributed by atoms with Crippen LogP contribution in [0.2, 0.25) is 0 Å². The molecule has 2 N–H and O–H groups in total. The lowest BCUT2D eigenvalue weighted by Gasteiger charge is -2.16. The maximum atomic E-state index is 11.5. The van der Waals surface area contributed by atoms with Gasteiger partial charge in [0.1, 0.15) is 12.3 Å². The Bertz CT molecular complexity index is 605. The van der Waals surface area contributed by atoms with Crippen LogP contribution >= 0.6 is 22.6 Å². The smallest absolute Gasteiger partial charge is 0.414 e. The van der Waals surface area contributed by atoms with Crippen molar-refractivity contribution in [2.75, 3.05) is 23.4 Å². The van der Waals surface area contributed by atoms with Gasteiger partial charge in [-0.15, -0.1) is 0 Å². The van der Waals surface area contributed by atoms with Gasteiger partial charge < -0.3 is 9.84 Å². The zero-order chi connectivity index (χ0) is 14.9. The average molecular weight is 393 g/mol. The van der Waals surface area contributed by atoms with Crippen LogP contribution in [0.3, 0.4) is 0 Å². The molecule has 0 unspecified atom stereocenters. The summed E-state index contributed by atoms with van der Waals surface area (Å²) in [5.74, 6) is 0. The summed E-state index contributed by atoms with van der Waals surface area (Å²) in [7, 11) is 0. The summed E-state index contributed by atoms with van der Waals surface area (Å²) >= 11 is 1.84. The molecule has 2 amide bonds. The van der Waals surface area contributed by atoms with E-state index in [1.807, 2.05) is 27.9 Å². The number of hydrogen-bond acceptors (Lipinski definition) is 5. The van der Waals surface area contributed by atoms with Crippen molar-refractivity contribution >= 4 is 51.8 Å². The molecule has 0 radical (unpaired) electrons. The number of carbonyl (C=O) groups is 2. The normalized spacial score (nSPS) is 14.1. The summed E-state index contributed by atoms with van der Waals surface area (Å²) in [5.41, 5.74) is -0.215. The van der Waals surface area contributed by atoms with Gasteiger partial charge in [0.05, 0.1) is 17.2 Å². The van der Waals surface area contributed by atoms with Crippen LogP contribution in [0.4, 0.5) is 26.7 Å². The number of rotatable bonds is 3. The Morgan fingerprint density at radius 3 is 2.75 bits per heavy atom. The minimum Gasteiger partial charge on any atom is -0.465 e. The van der Waals surface area contributed by atoms with Gasteiger partial charge in [0.15, 0.2) is 0 Å². The fourth-order valence-electron chi connectivity index (χ4n) is 1.74. The molecule has 0 atom stereocenters. The number of nitro groups is 1. The molecule has 1 fully saturated rings. The molecule has 2 rings (SSSR count). The van der Waals surface area contributed by atoms with E-state index in [0.29, 0.717) is 15.8 Å². The van der Waals surface area contributed by atoms with Crippen molar-refractivity contribution in [1.82, 2.24) is 0 Å². The van der Waals surface area contributed by atoms with Crippen LogP contribution in [0.5, 0.6) is 0 Å².